The Morgan fingerprint density at radius 1 is 0.781 bits per heavy atom. The van der Waals surface area contributed by atoms with Crippen LogP contribution in [0.1, 0.15) is 5.56 Å². The fourth-order valence-corrected chi connectivity index (χ4v) is 3.04. The molecule has 0 aromatic heterocycles. The molecule has 1 saturated heterocycles. The standard InChI is InChI=1S/C24H19N5O3/c1-16-7-13-20(14-8-16)29-23(31)21(22(30)26-24(29)32)15-25-17-9-11-19(12-10-17)28-27-18-5-3-2-4-6-18/h2-15,21H,1H3,(H,26,30,32)/t21-/m0/s1. The Kier molecular flexibility index (Phi) is 5.94. The van der Waals surface area contributed by atoms with E-state index in [-0.39, 0.29) is 0 Å². The summed E-state index contributed by atoms with van der Waals surface area (Å²) in [5, 5.41) is 10.5. The molecule has 0 bridgehead atoms. The number of anilines is 1. The van der Waals surface area contributed by atoms with E-state index in [4.69, 9.17) is 0 Å². The van der Waals surface area contributed by atoms with Crippen LogP contribution < -0.4 is 10.2 Å². The van der Waals surface area contributed by atoms with Crippen molar-refractivity contribution in [3.63, 3.8) is 0 Å². The lowest BCUT2D eigenvalue weighted by atomic mass is 10.1. The maximum Gasteiger partial charge on any atom is 0.335 e. The molecule has 0 spiro atoms. The van der Waals surface area contributed by atoms with Crippen LogP contribution in [0.2, 0.25) is 0 Å². The number of carbonyl (C=O) groups excluding carboxylic acids is 3. The van der Waals surface area contributed by atoms with Crippen molar-refractivity contribution in [2.45, 2.75) is 6.92 Å². The van der Waals surface area contributed by atoms with Gasteiger partial charge in [-0.25, -0.2) is 9.69 Å². The highest BCUT2D eigenvalue weighted by Gasteiger charge is 2.40. The van der Waals surface area contributed by atoms with Gasteiger partial charge >= 0.3 is 6.03 Å². The molecule has 1 aliphatic rings. The van der Waals surface area contributed by atoms with Crippen LogP contribution in [0.15, 0.2) is 94.1 Å². The number of benzene rings is 3. The largest absolute Gasteiger partial charge is 0.335 e. The molecule has 1 heterocycles. The van der Waals surface area contributed by atoms with Gasteiger partial charge in [-0.15, -0.1) is 0 Å². The van der Waals surface area contributed by atoms with Crippen LogP contribution in [-0.4, -0.2) is 24.1 Å². The second-order valence-corrected chi connectivity index (χ2v) is 7.11. The molecule has 0 radical (unpaired) electrons. The molecule has 32 heavy (non-hydrogen) atoms. The predicted octanol–water partition coefficient (Wildman–Crippen LogP) is 5.01. The maximum absolute atomic E-state index is 12.9. The molecular formula is C24H19N5O3. The monoisotopic (exact) mass is 425 g/mol. The lowest BCUT2D eigenvalue weighted by Gasteiger charge is -2.28. The first-order valence-corrected chi connectivity index (χ1v) is 9.88. The lowest BCUT2D eigenvalue weighted by Crippen LogP contribution is -2.58. The molecule has 4 amide bonds. The van der Waals surface area contributed by atoms with Crippen LogP contribution in [0, 0.1) is 12.8 Å². The number of aliphatic imine (C=N–C) groups is 1. The molecule has 8 heteroatoms. The van der Waals surface area contributed by atoms with Crippen molar-refractivity contribution in [2.75, 3.05) is 4.90 Å². The number of hydrogen-bond acceptors (Lipinski definition) is 6. The highest BCUT2D eigenvalue weighted by molar-refractivity contribution is 6.32. The molecule has 3 aromatic rings. The van der Waals surface area contributed by atoms with E-state index in [0.717, 1.165) is 16.2 Å². The van der Waals surface area contributed by atoms with E-state index in [1.807, 2.05) is 37.3 Å². The fourth-order valence-electron chi connectivity index (χ4n) is 3.04. The number of azo groups is 1. The van der Waals surface area contributed by atoms with E-state index in [0.29, 0.717) is 17.1 Å². The van der Waals surface area contributed by atoms with Crippen molar-refractivity contribution in [1.82, 2.24) is 5.32 Å². The Balaban J connectivity index is 1.48. The van der Waals surface area contributed by atoms with Gasteiger partial charge in [-0.2, -0.15) is 10.2 Å². The van der Waals surface area contributed by atoms with E-state index in [9.17, 15) is 14.4 Å². The van der Waals surface area contributed by atoms with Crippen LogP contribution in [0.5, 0.6) is 0 Å². The van der Waals surface area contributed by atoms with Crippen LogP contribution in [0.25, 0.3) is 0 Å². The number of nitrogens with one attached hydrogen (secondary N) is 1. The summed E-state index contributed by atoms with van der Waals surface area (Å²) < 4.78 is 0. The SMILES string of the molecule is Cc1ccc(N2C(=O)NC(=O)[C@H](C=Nc3ccc(N=Nc4ccccc4)cc3)C2=O)cc1. The fraction of sp³-hybridized carbons (Fsp3) is 0.0833. The molecule has 1 fully saturated rings. The zero-order valence-corrected chi connectivity index (χ0v) is 17.2. The average molecular weight is 425 g/mol. The number of amides is 4. The van der Waals surface area contributed by atoms with E-state index in [1.165, 1.54) is 6.21 Å². The minimum Gasteiger partial charge on any atom is -0.276 e. The van der Waals surface area contributed by atoms with Crippen molar-refractivity contribution < 1.29 is 14.4 Å². The molecule has 3 aromatic carbocycles. The van der Waals surface area contributed by atoms with Gasteiger partial charge in [-0.05, 0) is 55.5 Å². The third kappa shape index (κ3) is 4.65. The number of barbiturate groups is 1. The minimum atomic E-state index is -1.22. The third-order valence-corrected chi connectivity index (χ3v) is 4.75. The zero-order chi connectivity index (χ0) is 22.5. The summed E-state index contributed by atoms with van der Waals surface area (Å²) in [6.45, 7) is 1.90. The van der Waals surface area contributed by atoms with E-state index >= 15 is 0 Å². The smallest absolute Gasteiger partial charge is 0.276 e. The quantitative estimate of drug-likeness (QED) is 0.353. The van der Waals surface area contributed by atoms with Gasteiger partial charge in [-0.3, -0.25) is 19.9 Å². The lowest BCUT2D eigenvalue weighted by molar-refractivity contribution is -0.131. The molecule has 0 aliphatic carbocycles. The Bertz CT molecular complexity index is 1200. The first-order valence-electron chi connectivity index (χ1n) is 9.88. The number of carbonyl (C=O) groups is 3. The van der Waals surface area contributed by atoms with Gasteiger partial charge in [0.15, 0.2) is 5.92 Å². The molecule has 8 nitrogen and oxygen atoms in total. The van der Waals surface area contributed by atoms with Gasteiger partial charge in [0.1, 0.15) is 0 Å². The van der Waals surface area contributed by atoms with Crippen molar-refractivity contribution in [2.24, 2.45) is 21.1 Å². The molecule has 158 valence electrons. The Labute approximate surface area is 184 Å². The topological polar surface area (TPSA) is 104 Å². The average Bonchev–Trinajstić information content (AvgIpc) is 2.80. The van der Waals surface area contributed by atoms with Gasteiger partial charge in [0.25, 0.3) is 5.91 Å². The molecular weight excluding hydrogens is 406 g/mol. The van der Waals surface area contributed by atoms with Crippen LogP contribution in [0.3, 0.4) is 0 Å². The van der Waals surface area contributed by atoms with Crippen molar-refractivity contribution in [1.29, 1.82) is 0 Å². The van der Waals surface area contributed by atoms with Crippen LogP contribution in [-0.2, 0) is 9.59 Å². The summed E-state index contributed by atoms with van der Waals surface area (Å²) in [6.07, 6.45) is 1.24. The van der Waals surface area contributed by atoms with Crippen molar-refractivity contribution in [3.05, 3.63) is 84.4 Å². The summed E-state index contributed by atoms with van der Waals surface area (Å²) in [4.78, 5) is 42.5. The second-order valence-electron chi connectivity index (χ2n) is 7.11. The molecule has 1 N–H and O–H groups in total. The Morgan fingerprint density at radius 2 is 1.38 bits per heavy atom. The summed E-state index contributed by atoms with van der Waals surface area (Å²) in [5.41, 5.74) is 3.28. The molecule has 0 unspecified atom stereocenters. The highest BCUT2D eigenvalue weighted by atomic mass is 16.2. The predicted molar refractivity (Wildman–Crippen MR) is 121 cm³/mol. The van der Waals surface area contributed by atoms with Crippen molar-refractivity contribution >= 4 is 46.8 Å². The number of nitrogens with zero attached hydrogens (tertiary/aromatic N) is 4. The molecule has 0 saturated carbocycles. The molecule has 1 aliphatic heterocycles. The van der Waals surface area contributed by atoms with Gasteiger partial charge in [0, 0.05) is 6.21 Å². The number of aryl methyl sites for hydroxylation is 1. The van der Waals surface area contributed by atoms with E-state index in [1.54, 1.807) is 48.5 Å². The third-order valence-electron chi connectivity index (χ3n) is 4.75. The maximum atomic E-state index is 12.9. The second kappa shape index (κ2) is 9.13. The normalized spacial score (nSPS) is 16.7. The number of urea groups is 1. The Hall–Kier alpha value is -4.46. The van der Waals surface area contributed by atoms with Crippen LogP contribution in [0.4, 0.5) is 27.5 Å². The van der Waals surface area contributed by atoms with E-state index in [2.05, 4.69) is 20.5 Å². The van der Waals surface area contributed by atoms with Gasteiger partial charge in [-0.1, -0.05) is 35.9 Å². The summed E-state index contributed by atoms with van der Waals surface area (Å²) in [5.74, 6) is -2.58. The minimum absolute atomic E-state index is 0.386. The zero-order valence-electron chi connectivity index (χ0n) is 17.2. The highest BCUT2D eigenvalue weighted by Crippen LogP contribution is 2.23. The number of hydrogen-bond donors (Lipinski definition) is 1. The van der Waals surface area contributed by atoms with Crippen molar-refractivity contribution in [3.8, 4) is 0 Å². The summed E-state index contributed by atoms with van der Waals surface area (Å²) >= 11 is 0. The Morgan fingerprint density at radius 3 is 2.03 bits per heavy atom. The first kappa shape index (κ1) is 20.8. The number of imide groups is 2. The van der Waals surface area contributed by atoms with E-state index < -0.39 is 23.8 Å². The first-order chi connectivity index (χ1) is 15.5. The van der Waals surface area contributed by atoms with Gasteiger partial charge < -0.3 is 0 Å². The van der Waals surface area contributed by atoms with Crippen LogP contribution >= 0.6 is 0 Å². The summed E-state index contributed by atoms with van der Waals surface area (Å²) in [7, 11) is 0. The van der Waals surface area contributed by atoms with Gasteiger partial charge in [0.05, 0.1) is 22.7 Å². The molecule has 1 atom stereocenters. The number of rotatable bonds is 5. The van der Waals surface area contributed by atoms with Gasteiger partial charge in [0.2, 0.25) is 5.91 Å². The molecule has 4 rings (SSSR count). The summed E-state index contributed by atoms with van der Waals surface area (Å²) in [6, 6.07) is 22.3.